The van der Waals surface area contributed by atoms with Crippen molar-refractivity contribution < 1.29 is 0 Å². The van der Waals surface area contributed by atoms with Crippen LogP contribution in [0.2, 0.25) is 0 Å². The van der Waals surface area contributed by atoms with Gasteiger partial charge in [0.25, 0.3) is 0 Å². The molecule has 0 unspecified atom stereocenters. The fraction of sp³-hybridized carbons (Fsp3) is 0.643. The minimum absolute atomic E-state index is 0.785. The van der Waals surface area contributed by atoms with Gasteiger partial charge < -0.3 is 0 Å². The van der Waals surface area contributed by atoms with Crippen molar-refractivity contribution in [2.24, 2.45) is 0 Å². The average molecular weight is 297 g/mol. The first-order valence-electron chi connectivity index (χ1n) is 6.50. The van der Waals surface area contributed by atoms with Gasteiger partial charge in [-0.3, -0.25) is 9.88 Å². The van der Waals surface area contributed by atoms with Crippen LogP contribution >= 0.6 is 15.9 Å². The van der Waals surface area contributed by atoms with E-state index in [9.17, 15) is 0 Å². The molecule has 2 nitrogen and oxygen atoms in total. The van der Waals surface area contributed by atoms with Crippen LogP contribution in [0.1, 0.15) is 36.8 Å². The highest BCUT2D eigenvalue weighted by Gasteiger charge is 2.22. The molecule has 1 aromatic rings. The number of hydrogen-bond donors (Lipinski definition) is 0. The number of nitrogens with zero attached hydrogens (tertiary/aromatic N) is 2. The summed E-state index contributed by atoms with van der Waals surface area (Å²) in [7, 11) is 0. The fourth-order valence-corrected chi connectivity index (χ4v) is 3.16. The van der Waals surface area contributed by atoms with Crippen molar-refractivity contribution in [2.45, 2.75) is 45.2 Å². The standard InChI is InChI=1S/C14H21BrN2/c1-12-8-13(10-16-9-12)11-17(7-6-15)14-4-2-3-5-14/h8-10,14H,2-7,11H2,1H3. The van der Waals surface area contributed by atoms with Crippen LogP contribution in [0.5, 0.6) is 0 Å². The van der Waals surface area contributed by atoms with Gasteiger partial charge in [-0.2, -0.15) is 0 Å². The van der Waals surface area contributed by atoms with E-state index in [0.29, 0.717) is 0 Å². The summed E-state index contributed by atoms with van der Waals surface area (Å²) in [4.78, 5) is 6.89. The SMILES string of the molecule is Cc1cncc(CN(CCBr)C2CCCC2)c1. The lowest BCUT2D eigenvalue weighted by atomic mass is 10.1. The first kappa shape index (κ1) is 13.0. The molecule has 1 aromatic heterocycles. The summed E-state index contributed by atoms with van der Waals surface area (Å²) < 4.78 is 0. The van der Waals surface area contributed by atoms with Gasteiger partial charge in [0, 0.05) is 36.9 Å². The van der Waals surface area contributed by atoms with Crippen LogP contribution < -0.4 is 0 Å². The summed E-state index contributed by atoms with van der Waals surface area (Å²) >= 11 is 3.57. The molecular formula is C14H21BrN2. The van der Waals surface area contributed by atoms with Crippen LogP contribution in [0.15, 0.2) is 18.5 Å². The third-order valence-corrected chi connectivity index (χ3v) is 3.88. The maximum Gasteiger partial charge on any atom is 0.0313 e. The summed E-state index contributed by atoms with van der Waals surface area (Å²) in [6.07, 6.45) is 9.46. The zero-order valence-corrected chi connectivity index (χ0v) is 12.1. The highest BCUT2D eigenvalue weighted by Crippen LogP contribution is 2.24. The van der Waals surface area contributed by atoms with Crippen LogP contribution in [0.4, 0.5) is 0 Å². The number of alkyl halides is 1. The Morgan fingerprint density at radius 3 is 2.76 bits per heavy atom. The van der Waals surface area contributed by atoms with Gasteiger partial charge in [-0.1, -0.05) is 34.8 Å². The molecule has 3 heteroatoms. The summed E-state index contributed by atoms with van der Waals surface area (Å²) in [5.74, 6) is 0. The van der Waals surface area contributed by atoms with Crippen LogP contribution in [0.3, 0.4) is 0 Å². The number of aryl methyl sites for hydroxylation is 1. The van der Waals surface area contributed by atoms with Crippen molar-refractivity contribution >= 4 is 15.9 Å². The van der Waals surface area contributed by atoms with E-state index >= 15 is 0 Å². The van der Waals surface area contributed by atoms with Crippen molar-refractivity contribution in [1.82, 2.24) is 9.88 Å². The van der Waals surface area contributed by atoms with E-state index in [1.54, 1.807) is 0 Å². The van der Waals surface area contributed by atoms with Crippen molar-refractivity contribution in [3.05, 3.63) is 29.6 Å². The monoisotopic (exact) mass is 296 g/mol. The van der Waals surface area contributed by atoms with Gasteiger partial charge in [-0.15, -0.1) is 0 Å². The van der Waals surface area contributed by atoms with E-state index < -0.39 is 0 Å². The molecule has 0 aromatic carbocycles. The molecule has 0 atom stereocenters. The molecule has 1 saturated carbocycles. The Labute approximate surface area is 113 Å². The first-order chi connectivity index (χ1) is 8.29. The second-order valence-corrected chi connectivity index (χ2v) is 5.76. The van der Waals surface area contributed by atoms with Gasteiger partial charge >= 0.3 is 0 Å². The average Bonchev–Trinajstić information content (AvgIpc) is 2.82. The summed E-state index contributed by atoms with van der Waals surface area (Å²) in [6.45, 7) is 4.30. The molecule has 0 saturated heterocycles. The van der Waals surface area contributed by atoms with Gasteiger partial charge in [0.1, 0.15) is 0 Å². The molecule has 0 spiro atoms. The molecule has 94 valence electrons. The molecule has 0 bridgehead atoms. The summed E-state index contributed by atoms with van der Waals surface area (Å²) in [5, 5.41) is 1.06. The lowest BCUT2D eigenvalue weighted by molar-refractivity contribution is 0.202. The molecule has 17 heavy (non-hydrogen) atoms. The lowest BCUT2D eigenvalue weighted by Gasteiger charge is -2.28. The van der Waals surface area contributed by atoms with Crippen LogP contribution in [0, 0.1) is 6.92 Å². The number of rotatable bonds is 5. The van der Waals surface area contributed by atoms with Crippen LogP contribution in [0.25, 0.3) is 0 Å². The smallest absolute Gasteiger partial charge is 0.0313 e. The number of halogens is 1. The maximum absolute atomic E-state index is 4.29. The van der Waals surface area contributed by atoms with Gasteiger partial charge in [-0.05, 0) is 30.9 Å². The second-order valence-electron chi connectivity index (χ2n) is 4.97. The summed E-state index contributed by atoms with van der Waals surface area (Å²) in [5.41, 5.74) is 2.60. The largest absolute Gasteiger partial charge is 0.295 e. The van der Waals surface area contributed by atoms with Gasteiger partial charge in [0.05, 0.1) is 0 Å². The first-order valence-corrected chi connectivity index (χ1v) is 7.62. The third-order valence-electron chi connectivity index (χ3n) is 3.53. The van der Waals surface area contributed by atoms with Crippen molar-refractivity contribution in [1.29, 1.82) is 0 Å². The zero-order valence-electron chi connectivity index (χ0n) is 10.5. The topological polar surface area (TPSA) is 16.1 Å². The molecule has 1 fully saturated rings. The minimum atomic E-state index is 0.785. The zero-order chi connectivity index (χ0) is 12.1. The number of pyridine rings is 1. The Morgan fingerprint density at radius 2 is 2.12 bits per heavy atom. The molecule has 0 N–H and O–H groups in total. The van der Waals surface area contributed by atoms with Gasteiger partial charge in [0.15, 0.2) is 0 Å². The van der Waals surface area contributed by atoms with Crippen molar-refractivity contribution in [2.75, 3.05) is 11.9 Å². The Kier molecular flexibility index (Phi) is 4.99. The Bertz CT molecular complexity index is 348. The summed E-state index contributed by atoms with van der Waals surface area (Å²) in [6, 6.07) is 3.04. The van der Waals surface area contributed by atoms with Gasteiger partial charge in [0.2, 0.25) is 0 Å². The normalized spacial score (nSPS) is 16.9. The molecule has 0 aliphatic heterocycles. The highest BCUT2D eigenvalue weighted by molar-refractivity contribution is 9.09. The van der Waals surface area contributed by atoms with Crippen molar-refractivity contribution in [3.8, 4) is 0 Å². The van der Waals surface area contributed by atoms with E-state index in [2.05, 4.69) is 38.8 Å². The highest BCUT2D eigenvalue weighted by atomic mass is 79.9. The van der Waals surface area contributed by atoms with Crippen LogP contribution in [-0.4, -0.2) is 27.8 Å². The number of aromatic nitrogens is 1. The predicted molar refractivity (Wildman–Crippen MR) is 75.4 cm³/mol. The molecule has 1 heterocycles. The Morgan fingerprint density at radius 1 is 1.35 bits per heavy atom. The Balaban J connectivity index is 2.01. The second kappa shape index (κ2) is 6.50. The van der Waals surface area contributed by atoms with E-state index in [-0.39, 0.29) is 0 Å². The van der Waals surface area contributed by atoms with Gasteiger partial charge in [-0.25, -0.2) is 0 Å². The molecule has 2 rings (SSSR count). The quantitative estimate of drug-likeness (QED) is 0.773. The van der Waals surface area contributed by atoms with E-state index in [1.165, 1.54) is 36.8 Å². The maximum atomic E-state index is 4.29. The lowest BCUT2D eigenvalue weighted by Crippen LogP contribution is -2.34. The van der Waals surface area contributed by atoms with E-state index in [4.69, 9.17) is 0 Å². The molecule has 0 radical (unpaired) electrons. The Hall–Kier alpha value is -0.410. The molecular weight excluding hydrogens is 276 g/mol. The van der Waals surface area contributed by atoms with Crippen LogP contribution in [-0.2, 0) is 6.54 Å². The predicted octanol–water partition coefficient (Wildman–Crippen LogP) is 3.53. The number of hydrogen-bond acceptors (Lipinski definition) is 2. The molecule has 1 aliphatic carbocycles. The fourth-order valence-electron chi connectivity index (χ4n) is 2.71. The van der Waals surface area contributed by atoms with E-state index in [0.717, 1.165) is 24.5 Å². The van der Waals surface area contributed by atoms with E-state index in [1.807, 2.05) is 12.4 Å². The minimum Gasteiger partial charge on any atom is -0.295 e. The van der Waals surface area contributed by atoms with Crippen molar-refractivity contribution in [3.63, 3.8) is 0 Å². The third kappa shape index (κ3) is 3.78. The molecule has 0 amide bonds. The molecule has 1 aliphatic rings.